The number of allylic oxidation sites excluding steroid dienone is 12. The topological polar surface area (TPSA) is 192 Å². The maximum atomic E-state index is 12.8. The predicted molar refractivity (Wildman–Crippen MR) is 244 cm³/mol. The van der Waals surface area contributed by atoms with Gasteiger partial charge in [0.1, 0.15) is 42.7 Å². The van der Waals surface area contributed by atoms with Crippen LogP contribution in [0.1, 0.15) is 162 Å². The molecule has 1 aliphatic rings. The number of hydrogen-bond donors (Lipinski definition) is 6. The fourth-order valence-electron chi connectivity index (χ4n) is 6.65. The minimum Gasteiger partial charge on any atom is -0.457 e. The summed E-state index contributed by atoms with van der Waals surface area (Å²) in [5.74, 6) is -0.504. The van der Waals surface area contributed by atoms with Crippen LogP contribution in [0.2, 0.25) is 0 Å². The molecule has 0 radical (unpaired) electrons. The Morgan fingerprint density at radius 1 is 0.541 bits per heavy atom. The van der Waals surface area contributed by atoms with Crippen molar-refractivity contribution in [1.82, 2.24) is 0 Å². The summed E-state index contributed by atoms with van der Waals surface area (Å²) in [6.07, 6.45) is 36.9. The van der Waals surface area contributed by atoms with Crippen LogP contribution < -0.4 is 0 Å². The van der Waals surface area contributed by atoms with Gasteiger partial charge in [-0.3, -0.25) is 13.8 Å². The van der Waals surface area contributed by atoms with Gasteiger partial charge < -0.3 is 39.9 Å². The molecule has 0 aromatic rings. The van der Waals surface area contributed by atoms with Crippen molar-refractivity contribution in [2.45, 2.75) is 204 Å². The number of aliphatic hydroxyl groups excluding tert-OH is 5. The number of rotatable bonds is 38. The van der Waals surface area contributed by atoms with E-state index in [1.54, 1.807) is 0 Å². The molecule has 6 N–H and O–H groups in total. The van der Waals surface area contributed by atoms with Crippen LogP contribution in [0, 0.1) is 0 Å². The number of aliphatic hydroxyl groups is 5. The zero-order chi connectivity index (χ0) is 44.8. The smallest absolute Gasteiger partial charge is 0.457 e. The number of hydrogen-bond acceptors (Lipinski definition) is 11. The molecule has 61 heavy (non-hydrogen) atoms. The molecule has 13 heteroatoms. The summed E-state index contributed by atoms with van der Waals surface area (Å²) in [7, 11) is -5.03. The summed E-state index contributed by atoms with van der Waals surface area (Å²) >= 11 is 0. The number of unbranched alkanes of at least 4 members (excludes halogenated alkanes) is 14. The van der Waals surface area contributed by atoms with Gasteiger partial charge in [-0.05, 0) is 64.2 Å². The number of ether oxygens (including phenoxy) is 2. The van der Waals surface area contributed by atoms with E-state index in [2.05, 4.69) is 86.8 Å². The fraction of sp³-hybridized carbons (Fsp3) is 0.729. The average Bonchev–Trinajstić information content (AvgIpc) is 3.24. The summed E-state index contributed by atoms with van der Waals surface area (Å²) in [6.45, 7) is 4.10. The maximum Gasteiger partial charge on any atom is 0.472 e. The van der Waals surface area contributed by atoms with Gasteiger partial charge in [0.2, 0.25) is 0 Å². The van der Waals surface area contributed by atoms with Crippen LogP contribution in [0.15, 0.2) is 72.9 Å². The molecule has 0 amide bonds. The molecule has 1 fully saturated rings. The normalized spacial score (nSPS) is 22.8. The SMILES string of the molecule is CC/C=C\C/C=C\C/C=C\C/C=C\C/C=C\C/C=C\CCCCCCC(=O)OC(COCCCCCCCCCCCCC)COP(=O)(O)OC1C(O)C(O)C(O)C(O)C1O. The van der Waals surface area contributed by atoms with Crippen molar-refractivity contribution in [2.75, 3.05) is 19.8 Å². The zero-order valence-corrected chi connectivity index (χ0v) is 38.3. The Hall–Kier alpha value is -2.22. The Labute approximate surface area is 368 Å². The van der Waals surface area contributed by atoms with Crippen LogP contribution >= 0.6 is 7.82 Å². The molecule has 0 aromatic heterocycles. The van der Waals surface area contributed by atoms with Gasteiger partial charge in [-0.15, -0.1) is 0 Å². The zero-order valence-electron chi connectivity index (χ0n) is 37.4. The van der Waals surface area contributed by atoms with Gasteiger partial charge in [0, 0.05) is 13.0 Å². The summed E-state index contributed by atoms with van der Waals surface area (Å²) < 4.78 is 34.1. The van der Waals surface area contributed by atoms with E-state index in [0.29, 0.717) is 13.0 Å². The quantitative estimate of drug-likeness (QED) is 0.0149. The Kier molecular flexibility index (Phi) is 35.6. The predicted octanol–water partition coefficient (Wildman–Crippen LogP) is 9.58. The Balaban J connectivity index is 2.39. The van der Waals surface area contributed by atoms with E-state index in [-0.39, 0.29) is 13.0 Å². The second kappa shape index (κ2) is 38.3. The van der Waals surface area contributed by atoms with Gasteiger partial charge in [0.15, 0.2) is 0 Å². The third-order valence-electron chi connectivity index (χ3n) is 10.3. The van der Waals surface area contributed by atoms with E-state index in [0.717, 1.165) is 83.5 Å². The molecule has 6 unspecified atom stereocenters. The molecule has 1 aliphatic carbocycles. The van der Waals surface area contributed by atoms with E-state index in [1.807, 2.05) is 0 Å². The van der Waals surface area contributed by atoms with Crippen molar-refractivity contribution >= 4 is 13.8 Å². The van der Waals surface area contributed by atoms with Crippen LogP contribution in [-0.4, -0.2) is 98.9 Å². The van der Waals surface area contributed by atoms with Crippen molar-refractivity contribution in [2.24, 2.45) is 0 Å². The second-order valence-corrected chi connectivity index (χ2v) is 17.3. The van der Waals surface area contributed by atoms with Crippen LogP contribution in [-0.2, 0) is 27.9 Å². The highest BCUT2D eigenvalue weighted by Crippen LogP contribution is 2.47. The first-order valence-electron chi connectivity index (χ1n) is 23.3. The lowest BCUT2D eigenvalue weighted by Gasteiger charge is -2.41. The first kappa shape index (κ1) is 56.8. The Morgan fingerprint density at radius 2 is 0.967 bits per heavy atom. The molecule has 12 nitrogen and oxygen atoms in total. The van der Waals surface area contributed by atoms with Crippen LogP contribution in [0.25, 0.3) is 0 Å². The lowest BCUT2D eigenvalue weighted by molar-refractivity contribution is -0.220. The van der Waals surface area contributed by atoms with Gasteiger partial charge >= 0.3 is 13.8 Å². The van der Waals surface area contributed by atoms with E-state index in [9.17, 15) is 39.8 Å². The van der Waals surface area contributed by atoms with Crippen molar-refractivity contribution in [3.05, 3.63) is 72.9 Å². The third kappa shape index (κ3) is 30.5. The summed E-state index contributed by atoms with van der Waals surface area (Å²) in [4.78, 5) is 23.1. The molecule has 0 heterocycles. The second-order valence-electron chi connectivity index (χ2n) is 15.9. The lowest BCUT2D eigenvalue weighted by atomic mass is 9.85. The van der Waals surface area contributed by atoms with E-state index in [1.165, 1.54) is 51.4 Å². The molecule has 0 spiro atoms. The summed E-state index contributed by atoms with van der Waals surface area (Å²) in [6, 6.07) is 0. The molecule has 1 saturated carbocycles. The number of esters is 1. The number of carbonyl (C=O) groups is 1. The molecule has 1 rings (SSSR count). The highest BCUT2D eigenvalue weighted by Gasteiger charge is 2.51. The van der Waals surface area contributed by atoms with E-state index < -0.39 is 63.1 Å². The molecule has 352 valence electrons. The van der Waals surface area contributed by atoms with Crippen LogP contribution in [0.4, 0.5) is 0 Å². The lowest BCUT2D eigenvalue weighted by Crippen LogP contribution is -2.64. The Morgan fingerprint density at radius 3 is 1.48 bits per heavy atom. The largest absolute Gasteiger partial charge is 0.472 e. The van der Waals surface area contributed by atoms with E-state index in [4.69, 9.17) is 18.5 Å². The summed E-state index contributed by atoms with van der Waals surface area (Å²) in [5.41, 5.74) is 0. The highest BCUT2D eigenvalue weighted by molar-refractivity contribution is 7.47. The third-order valence-corrected chi connectivity index (χ3v) is 11.3. The minimum absolute atomic E-state index is 0.0895. The van der Waals surface area contributed by atoms with Crippen molar-refractivity contribution in [3.8, 4) is 0 Å². The molecule has 6 atom stereocenters. The number of carbonyl (C=O) groups excluding carboxylic acids is 1. The molecule has 0 saturated heterocycles. The van der Waals surface area contributed by atoms with Gasteiger partial charge in [0.25, 0.3) is 0 Å². The van der Waals surface area contributed by atoms with Crippen molar-refractivity contribution in [1.29, 1.82) is 0 Å². The minimum atomic E-state index is -5.03. The van der Waals surface area contributed by atoms with Gasteiger partial charge in [-0.25, -0.2) is 4.57 Å². The molecule has 0 bridgehead atoms. The highest BCUT2D eigenvalue weighted by atomic mass is 31.2. The molecular weight excluding hydrogens is 799 g/mol. The average molecular weight is 883 g/mol. The van der Waals surface area contributed by atoms with Gasteiger partial charge in [0.05, 0.1) is 13.2 Å². The first-order chi connectivity index (χ1) is 29.5. The monoisotopic (exact) mass is 883 g/mol. The molecule has 0 aliphatic heterocycles. The standard InChI is InChI=1S/C48H83O12P/c1-3-5-7-9-11-13-15-16-17-18-19-20-21-22-23-24-25-26-27-29-31-33-35-37-42(49)59-41(39-57-38-36-34-32-30-28-14-12-10-8-6-4-2)40-58-61(55,56)60-48-46(53)44(51)43(50)45(52)47(48)54/h5,7,11,13,16-17,19-20,22-23,25-26,41,43-48,50-54H,3-4,6,8-10,12,14-15,18,21,24,27-40H2,1-2H3,(H,55,56)/b7-5-,13-11-,17-16-,20-19-,23-22-,26-25-. The number of phosphoric ester groups is 1. The first-order valence-corrected chi connectivity index (χ1v) is 24.8. The van der Waals surface area contributed by atoms with E-state index >= 15 is 0 Å². The van der Waals surface area contributed by atoms with Gasteiger partial charge in [-0.1, -0.05) is 164 Å². The van der Waals surface area contributed by atoms with Gasteiger partial charge in [-0.2, -0.15) is 0 Å². The molecule has 0 aromatic carbocycles. The molecular formula is C48H83O12P. The fourth-order valence-corrected chi connectivity index (χ4v) is 7.62. The maximum absolute atomic E-state index is 12.8. The number of phosphoric acid groups is 1. The summed E-state index contributed by atoms with van der Waals surface area (Å²) in [5, 5.41) is 50.1. The van der Waals surface area contributed by atoms with Crippen molar-refractivity contribution < 1.29 is 58.3 Å². The Bertz CT molecular complexity index is 1280. The van der Waals surface area contributed by atoms with Crippen LogP contribution in [0.3, 0.4) is 0 Å². The van der Waals surface area contributed by atoms with Crippen molar-refractivity contribution in [3.63, 3.8) is 0 Å². The van der Waals surface area contributed by atoms with Crippen LogP contribution in [0.5, 0.6) is 0 Å².